The average molecular weight is 368 g/mol. The van der Waals surface area contributed by atoms with Gasteiger partial charge in [-0.15, -0.1) is 0 Å². The minimum atomic E-state index is -1.36. The number of carbonyl (C=O) groups is 1. The molecule has 5 N–H and O–H groups in total. The Morgan fingerprint density at radius 2 is 2.31 bits per heavy atom. The number of aromatic amines is 1. The van der Waals surface area contributed by atoms with E-state index < -0.39 is 36.1 Å². The van der Waals surface area contributed by atoms with Crippen molar-refractivity contribution in [1.82, 2.24) is 19.5 Å². The monoisotopic (exact) mass is 368 g/mol. The van der Waals surface area contributed by atoms with E-state index in [1.54, 1.807) is 13.8 Å². The number of aromatic nitrogens is 4. The van der Waals surface area contributed by atoms with Crippen LogP contribution in [0.1, 0.15) is 26.5 Å². The van der Waals surface area contributed by atoms with E-state index in [-0.39, 0.29) is 36.1 Å². The second-order valence-electron chi connectivity index (χ2n) is 6.56. The van der Waals surface area contributed by atoms with Crippen LogP contribution in [-0.4, -0.2) is 50.4 Å². The van der Waals surface area contributed by atoms with Crippen LogP contribution in [0.25, 0.3) is 11.2 Å². The smallest absolute Gasteiger partial charge is 0.323 e. The molecule has 1 saturated heterocycles. The molecule has 0 bridgehead atoms. The first-order chi connectivity index (χ1) is 12.3. The van der Waals surface area contributed by atoms with Gasteiger partial charge < -0.3 is 20.9 Å². The van der Waals surface area contributed by atoms with Crippen molar-refractivity contribution in [3.8, 4) is 0 Å². The minimum absolute atomic E-state index is 0.00169. The van der Waals surface area contributed by atoms with E-state index in [0.717, 1.165) is 0 Å². The molecule has 0 saturated carbocycles. The number of rotatable bonds is 5. The van der Waals surface area contributed by atoms with Gasteiger partial charge in [0.15, 0.2) is 11.2 Å². The number of anilines is 1. The molecule has 2 aromatic heterocycles. The highest BCUT2D eigenvalue weighted by atomic mass is 19.1. The zero-order valence-electron chi connectivity index (χ0n) is 14.4. The van der Waals surface area contributed by atoms with Gasteiger partial charge in [-0.2, -0.15) is 4.98 Å². The molecule has 1 fully saturated rings. The van der Waals surface area contributed by atoms with Crippen LogP contribution in [0, 0.1) is 5.92 Å². The SMILES string of the molecule is CC(C)[C@@H](N)C(=O)OC[C@@H]1O[C@H](n2cnc3c(=O)[nH]c(N)nc32)CC1F. The summed E-state index contributed by atoms with van der Waals surface area (Å²) in [7, 11) is 0. The van der Waals surface area contributed by atoms with Crippen LogP contribution in [0.4, 0.5) is 10.3 Å². The molecule has 2 aromatic rings. The number of hydrogen-bond acceptors (Lipinski definition) is 8. The molecule has 26 heavy (non-hydrogen) atoms. The highest BCUT2D eigenvalue weighted by Gasteiger charge is 2.38. The maximum absolute atomic E-state index is 14.3. The average Bonchev–Trinajstić information content (AvgIpc) is 3.15. The number of ether oxygens (including phenoxy) is 2. The number of H-pyrrole nitrogens is 1. The van der Waals surface area contributed by atoms with Gasteiger partial charge >= 0.3 is 5.97 Å². The molecule has 0 amide bonds. The number of nitrogen functional groups attached to an aromatic ring is 1. The van der Waals surface area contributed by atoms with Gasteiger partial charge in [0.2, 0.25) is 5.95 Å². The highest BCUT2D eigenvalue weighted by Crippen LogP contribution is 2.32. The Labute approximate surface area is 147 Å². The zero-order valence-corrected chi connectivity index (χ0v) is 14.4. The fourth-order valence-electron chi connectivity index (χ4n) is 2.70. The quantitative estimate of drug-likeness (QED) is 0.617. The van der Waals surface area contributed by atoms with E-state index in [4.69, 9.17) is 20.9 Å². The van der Waals surface area contributed by atoms with E-state index >= 15 is 0 Å². The van der Waals surface area contributed by atoms with Crippen molar-refractivity contribution in [3.63, 3.8) is 0 Å². The summed E-state index contributed by atoms with van der Waals surface area (Å²) in [6, 6.07) is -0.776. The van der Waals surface area contributed by atoms with Gasteiger partial charge in [-0.1, -0.05) is 13.8 Å². The van der Waals surface area contributed by atoms with Crippen molar-refractivity contribution in [2.75, 3.05) is 12.3 Å². The lowest BCUT2D eigenvalue weighted by Crippen LogP contribution is -2.39. The zero-order chi connectivity index (χ0) is 19.0. The number of alkyl halides is 1. The largest absolute Gasteiger partial charge is 0.462 e. The molecule has 4 atom stereocenters. The van der Waals surface area contributed by atoms with Gasteiger partial charge in [-0.25, -0.2) is 9.37 Å². The van der Waals surface area contributed by atoms with Crippen molar-refractivity contribution < 1.29 is 18.7 Å². The van der Waals surface area contributed by atoms with Crippen LogP contribution in [-0.2, 0) is 14.3 Å². The first kappa shape index (κ1) is 18.3. The number of nitrogens with one attached hydrogen (secondary N) is 1. The van der Waals surface area contributed by atoms with E-state index in [1.165, 1.54) is 10.9 Å². The van der Waals surface area contributed by atoms with Crippen molar-refractivity contribution >= 4 is 23.1 Å². The van der Waals surface area contributed by atoms with Gasteiger partial charge in [-0.05, 0) is 5.92 Å². The summed E-state index contributed by atoms with van der Waals surface area (Å²) in [4.78, 5) is 34.0. The third kappa shape index (κ3) is 3.40. The number of nitrogens with zero attached hydrogens (tertiary/aromatic N) is 3. The molecule has 11 heteroatoms. The Morgan fingerprint density at radius 1 is 1.58 bits per heavy atom. The summed E-state index contributed by atoms with van der Waals surface area (Å²) >= 11 is 0. The Kier molecular flexibility index (Phi) is 4.92. The van der Waals surface area contributed by atoms with Crippen LogP contribution in [0.15, 0.2) is 11.1 Å². The first-order valence-corrected chi connectivity index (χ1v) is 8.22. The lowest BCUT2D eigenvalue weighted by atomic mass is 10.1. The highest BCUT2D eigenvalue weighted by molar-refractivity contribution is 5.75. The van der Waals surface area contributed by atoms with Gasteiger partial charge in [0, 0.05) is 6.42 Å². The lowest BCUT2D eigenvalue weighted by Gasteiger charge is -2.18. The molecule has 1 aliphatic heterocycles. The summed E-state index contributed by atoms with van der Waals surface area (Å²) in [5.41, 5.74) is 11.0. The van der Waals surface area contributed by atoms with Gasteiger partial charge in [0.1, 0.15) is 31.2 Å². The van der Waals surface area contributed by atoms with Gasteiger partial charge in [0.05, 0.1) is 6.33 Å². The van der Waals surface area contributed by atoms with E-state index in [2.05, 4.69) is 15.0 Å². The number of carbonyl (C=O) groups excluding carboxylic acids is 1. The molecule has 3 rings (SSSR count). The normalized spacial score (nSPS) is 24.3. The number of nitrogens with two attached hydrogens (primary N) is 2. The summed E-state index contributed by atoms with van der Waals surface area (Å²) in [6.45, 7) is 3.33. The molecule has 142 valence electrons. The van der Waals surface area contributed by atoms with Crippen LogP contribution < -0.4 is 17.0 Å². The fourth-order valence-corrected chi connectivity index (χ4v) is 2.70. The number of fused-ring (bicyclic) bond motifs is 1. The van der Waals surface area contributed by atoms with Crippen molar-refractivity contribution in [1.29, 1.82) is 0 Å². The molecule has 1 unspecified atom stereocenters. The van der Waals surface area contributed by atoms with Crippen molar-refractivity contribution in [3.05, 3.63) is 16.7 Å². The summed E-state index contributed by atoms with van der Waals surface area (Å²) in [6.07, 6.45) is -1.71. The molecule has 10 nitrogen and oxygen atoms in total. The fraction of sp³-hybridized carbons (Fsp3) is 0.600. The second kappa shape index (κ2) is 7.00. The van der Waals surface area contributed by atoms with Crippen LogP contribution >= 0.6 is 0 Å². The molecule has 0 aliphatic carbocycles. The lowest BCUT2D eigenvalue weighted by molar-refractivity contribution is -0.151. The molecular formula is C15H21FN6O4. The third-order valence-electron chi connectivity index (χ3n) is 4.30. The maximum Gasteiger partial charge on any atom is 0.323 e. The predicted octanol–water partition coefficient (Wildman–Crippen LogP) is -0.146. The topological polar surface area (TPSA) is 151 Å². The molecular weight excluding hydrogens is 347 g/mol. The van der Waals surface area contributed by atoms with Gasteiger partial charge in [-0.3, -0.25) is 19.1 Å². The van der Waals surface area contributed by atoms with Crippen LogP contribution in [0.5, 0.6) is 0 Å². The number of hydrogen-bond donors (Lipinski definition) is 3. The Hall–Kier alpha value is -2.53. The Bertz CT molecular complexity index is 865. The number of halogens is 1. The number of esters is 1. The Balaban J connectivity index is 1.71. The second-order valence-corrected chi connectivity index (χ2v) is 6.56. The van der Waals surface area contributed by atoms with Crippen LogP contribution in [0.3, 0.4) is 0 Å². The summed E-state index contributed by atoms with van der Waals surface area (Å²) in [5, 5.41) is 0. The molecule has 3 heterocycles. The first-order valence-electron chi connectivity index (χ1n) is 8.22. The van der Waals surface area contributed by atoms with Gasteiger partial charge in [0.25, 0.3) is 5.56 Å². The van der Waals surface area contributed by atoms with Crippen molar-refractivity contribution in [2.45, 2.75) is 44.8 Å². The molecule has 0 aromatic carbocycles. The standard InChI is InChI=1S/C15H21FN6O4/c1-6(2)10(17)14(24)25-4-8-7(16)3-9(26-8)22-5-19-11-12(22)20-15(18)21-13(11)23/h5-10H,3-4,17H2,1-2H3,(H3,18,20,21,23)/t7?,8-,9-,10+/m0/s1. The Morgan fingerprint density at radius 3 is 3.00 bits per heavy atom. The minimum Gasteiger partial charge on any atom is -0.462 e. The van der Waals surface area contributed by atoms with Crippen molar-refractivity contribution in [2.24, 2.45) is 11.7 Å². The van der Waals surface area contributed by atoms with E-state index in [9.17, 15) is 14.0 Å². The van der Waals surface area contributed by atoms with E-state index in [1.807, 2.05) is 0 Å². The molecule has 1 aliphatic rings. The number of imidazole rings is 1. The maximum atomic E-state index is 14.3. The molecule has 0 radical (unpaired) electrons. The summed E-state index contributed by atoms with van der Waals surface area (Å²) < 4.78 is 26.4. The van der Waals surface area contributed by atoms with Crippen LogP contribution in [0.2, 0.25) is 0 Å². The predicted molar refractivity (Wildman–Crippen MR) is 89.8 cm³/mol. The summed E-state index contributed by atoms with van der Waals surface area (Å²) in [5.74, 6) is -0.770. The van der Waals surface area contributed by atoms with E-state index in [0.29, 0.717) is 0 Å². The third-order valence-corrected chi connectivity index (χ3v) is 4.30. The molecule has 0 spiro atoms.